The van der Waals surface area contributed by atoms with E-state index in [2.05, 4.69) is 140 Å². The van der Waals surface area contributed by atoms with E-state index < -0.39 is 0 Å². The fourth-order valence-corrected chi connectivity index (χ4v) is 5.31. The Kier molecular flexibility index (Phi) is 5.08. The van der Waals surface area contributed by atoms with Crippen molar-refractivity contribution in [1.82, 2.24) is 4.98 Å². The van der Waals surface area contributed by atoms with Crippen molar-refractivity contribution < 1.29 is 0 Å². The molecular weight excluding hydrogens is 446 g/mol. The van der Waals surface area contributed by atoms with Gasteiger partial charge >= 0.3 is 0 Å². The topological polar surface area (TPSA) is 12.9 Å². The van der Waals surface area contributed by atoms with Crippen molar-refractivity contribution in [2.75, 3.05) is 0 Å². The molecule has 5 aromatic carbocycles. The van der Waals surface area contributed by atoms with Crippen LogP contribution >= 0.6 is 0 Å². The van der Waals surface area contributed by atoms with Gasteiger partial charge in [-0.05, 0) is 98.0 Å². The number of benzene rings is 5. The van der Waals surface area contributed by atoms with Gasteiger partial charge in [0.25, 0.3) is 0 Å². The van der Waals surface area contributed by atoms with Gasteiger partial charge in [-0.15, -0.1) is 0 Å². The van der Waals surface area contributed by atoms with E-state index in [0.29, 0.717) is 0 Å². The molecule has 0 saturated heterocycles. The van der Waals surface area contributed by atoms with Crippen LogP contribution in [0.4, 0.5) is 0 Å². The standard InChI is InChI=1S/C36H25N/c1-24-17-35-33-15-5-13-31(22-33)29-11-3-9-27(20-29)25-7-2-8-26(19-25)28-10-4-12-30(21-28)32-14-6-16-34(23-32)36(18-24)37-35/h2-23H,1H3. The highest BCUT2D eigenvalue weighted by Gasteiger charge is 2.01. The molecule has 1 heteroatoms. The first-order valence-corrected chi connectivity index (χ1v) is 12.7. The number of aryl methyl sites for hydroxylation is 1. The molecule has 0 saturated carbocycles. The van der Waals surface area contributed by atoms with Crippen LogP contribution < -0.4 is 0 Å². The van der Waals surface area contributed by atoms with E-state index in [0.717, 1.165) is 21.8 Å². The fraction of sp³-hybridized carbons (Fsp3) is 0.0278. The van der Waals surface area contributed by atoms with E-state index in [1.54, 1.807) is 0 Å². The van der Waals surface area contributed by atoms with E-state index in [4.69, 9.17) is 4.98 Å². The van der Waals surface area contributed by atoms with Crippen molar-refractivity contribution in [2.45, 2.75) is 6.92 Å². The van der Waals surface area contributed by atoms with Crippen molar-refractivity contribution in [2.24, 2.45) is 0 Å². The maximum absolute atomic E-state index is 5.13. The van der Waals surface area contributed by atoms with Crippen molar-refractivity contribution in [1.29, 1.82) is 0 Å². The molecule has 0 aliphatic heterocycles. The second-order valence-electron chi connectivity index (χ2n) is 9.82. The maximum Gasteiger partial charge on any atom is 0.0712 e. The Morgan fingerprint density at radius 2 is 0.568 bits per heavy atom. The first kappa shape index (κ1) is 21.5. The van der Waals surface area contributed by atoms with Gasteiger partial charge in [0, 0.05) is 10.8 Å². The molecule has 37 heavy (non-hydrogen) atoms. The Morgan fingerprint density at radius 1 is 0.324 bits per heavy atom. The number of aromatic nitrogens is 1. The average molecular weight is 472 g/mol. The lowest BCUT2D eigenvalue weighted by molar-refractivity contribution is 1.42. The van der Waals surface area contributed by atoms with Crippen LogP contribution in [0, 0.1) is 6.92 Å². The summed E-state index contributed by atoms with van der Waals surface area (Å²) in [4.78, 5) is 5.13. The van der Waals surface area contributed by atoms with Gasteiger partial charge < -0.3 is 0 Å². The molecule has 2 heterocycles. The predicted molar refractivity (Wildman–Crippen MR) is 160 cm³/mol. The van der Waals surface area contributed by atoms with Crippen LogP contribution in [0.25, 0.3) is 64.9 Å². The van der Waals surface area contributed by atoms with Crippen molar-refractivity contribution in [3.63, 3.8) is 0 Å². The van der Waals surface area contributed by atoms with E-state index in [9.17, 15) is 0 Å². The molecule has 7 aromatic rings. The Balaban J connectivity index is 1.73. The number of hydrogen-bond donors (Lipinski definition) is 0. The monoisotopic (exact) mass is 471 g/mol. The summed E-state index contributed by atoms with van der Waals surface area (Å²) in [6.45, 7) is 2.15. The number of nitrogens with zero attached hydrogens (tertiary/aromatic N) is 1. The van der Waals surface area contributed by atoms with Gasteiger partial charge in [0.15, 0.2) is 0 Å². The third-order valence-corrected chi connectivity index (χ3v) is 7.21. The van der Waals surface area contributed by atoms with E-state index in [-0.39, 0.29) is 0 Å². The molecule has 0 spiro atoms. The van der Waals surface area contributed by atoms with Crippen molar-refractivity contribution in [3.05, 3.63) is 139 Å². The Bertz CT molecular complexity index is 1960. The molecule has 2 aromatic heterocycles. The Hall–Kier alpha value is -4.75. The van der Waals surface area contributed by atoms with E-state index in [1.807, 2.05) is 0 Å². The smallest absolute Gasteiger partial charge is 0.0712 e. The van der Waals surface area contributed by atoms with Crippen LogP contribution in [0.2, 0.25) is 0 Å². The minimum Gasteiger partial charge on any atom is -0.248 e. The first-order valence-electron chi connectivity index (χ1n) is 12.7. The molecule has 7 rings (SSSR count). The third-order valence-electron chi connectivity index (χ3n) is 7.21. The molecule has 0 aliphatic rings. The summed E-state index contributed by atoms with van der Waals surface area (Å²) in [7, 11) is 0. The summed E-state index contributed by atoms with van der Waals surface area (Å²) in [5.74, 6) is 0. The van der Waals surface area contributed by atoms with Crippen LogP contribution in [0.3, 0.4) is 0 Å². The number of hydrogen-bond acceptors (Lipinski definition) is 1. The lowest BCUT2D eigenvalue weighted by Crippen LogP contribution is -1.82. The molecule has 0 N–H and O–H groups in total. The number of rotatable bonds is 0. The quantitative estimate of drug-likeness (QED) is 0.214. The predicted octanol–water partition coefficient (Wildman–Crippen LogP) is 10.00. The minimum absolute atomic E-state index is 0.995. The maximum atomic E-state index is 5.13. The summed E-state index contributed by atoms with van der Waals surface area (Å²) in [6.07, 6.45) is 0. The van der Waals surface area contributed by atoms with E-state index in [1.165, 1.54) is 48.7 Å². The summed E-state index contributed by atoms with van der Waals surface area (Å²) in [6, 6.07) is 48.3. The normalized spacial score (nSPS) is 11.4. The first-order chi connectivity index (χ1) is 18.2. The molecule has 0 aliphatic carbocycles. The zero-order valence-electron chi connectivity index (χ0n) is 20.6. The summed E-state index contributed by atoms with van der Waals surface area (Å²) < 4.78 is 0. The van der Waals surface area contributed by atoms with Gasteiger partial charge in [-0.3, -0.25) is 0 Å². The number of fused-ring (bicyclic) bond motifs is 18. The second kappa shape index (κ2) is 8.72. The molecule has 0 atom stereocenters. The summed E-state index contributed by atoms with van der Waals surface area (Å²) in [5.41, 5.74) is 3.19. The lowest BCUT2D eigenvalue weighted by atomic mass is 10.0. The van der Waals surface area contributed by atoms with Gasteiger partial charge in [0.1, 0.15) is 0 Å². The molecule has 12 bridgehead atoms. The van der Waals surface area contributed by atoms with Gasteiger partial charge in [-0.1, -0.05) is 91.0 Å². The van der Waals surface area contributed by atoms with Crippen LogP contribution in [0.15, 0.2) is 133 Å². The van der Waals surface area contributed by atoms with Gasteiger partial charge in [-0.25, -0.2) is 4.98 Å². The van der Waals surface area contributed by atoms with Crippen LogP contribution in [-0.2, 0) is 0 Å². The fourth-order valence-electron chi connectivity index (χ4n) is 5.31. The third kappa shape index (κ3) is 4.05. The lowest BCUT2D eigenvalue weighted by Gasteiger charge is -2.03. The molecular formula is C36H25N. The Labute approximate surface area is 215 Å². The largest absolute Gasteiger partial charge is 0.248 e. The highest BCUT2D eigenvalue weighted by atomic mass is 14.7. The SMILES string of the molecule is Cc1cc2nc(c1)c1cccc(c1)c1cccc(c1)c1cccc(c1)c1cccc(c1)c1cccc2c1. The van der Waals surface area contributed by atoms with Crippen LogP contribution in [0.1, 0.15) is 5.56 Å². The average Bonchev–Trinajstić information content (AvgIpc) is 2.97. The second-order valence-corrected chi connectivity index (χ2v) is 9.82. The minimum atomic E-state index is 0.995. The highest BCUT2D eigenvalue weighted by molar-refractivity contribution is 6.00. The summed E-state index contributed by atoms with van der Waals surface area (Å²) in [5, 5.41) is 11.9. The van der Waals surface area contributed by atoms with Crippen LogP contribution in [-0.4, -0.2) is 4.98 Å². The zero-order valence-corrected chi connectivity index (χ0v) is 20.6. The van der Waals surface area contributed by atoms with Crippen molar-refractivity contribution in [3.8, 4) is 0 Å². The van der Waals surface area contributed by atoms with Gasteiger partial charge in [-0.2, -0.15) is 0 Å². The van der Waals surface area contributed by atoms with E-state index >= 15 is 0 Å². The molecule has 174 valence electrons. The molecule has 0 radical (unpaired) electrons. The number of pyridine rings is 1. The van der Waals surface area contributed by atoms with Crippen molar-refractivity contribution >= 4 is 64.9 Å². The summed E-state index contributed by atoms with van der Waals surface area (Å²) >= 11 is 0. The van der Waals surface area contributed by atoms with Gasteiger partial charge in [0.2, 0.25) is 0 Å². The molecule has 0 amide bonds. The molecule has 0 unspecified atom stereocenters. The highest BCUT2D eigenvalue weighted by Crippen LogP contribution is 2.25. The van der Waals surface area contributed by atoms with Crippen LogP contribution in [0.5, 0.6) is 0 Å². The molecule has 1 nitrogen and oxygen atoms in total. The zero-order chi connectivity index (χ0) is 24.8. The molecule has 0 fully saturated rings. The Morgan fingerprint density at radius 3 is 0.865 bits per heavy atom. The van der Waals surface area contributed by atoms with Gasteiger partial charge in [0.05, 0.1) is 11.0 Å².